The van der Waals surface area contributed by atoms with Crippen LogP contribution >= 0.6 is 0 Å². The van der Waals surface area contributed by atoms with Crippen LogP contribution in [0.3, 0.4) is 0 Å². The molecule has 0 spiro atoms. The van der Waals surface area contributed by atoms with Crippen LogP contribution in [0.25, 0.3) is 0 Å². The van der Waals surface area contributed by atoms with Crippen molar-refractivity contribution in [3.63, 3.8) is 0 Å². The van der Waals surface area contributed by atoms with Crippen LogP contribution in [-0.4, -0.2) is 19.2 Å². The van der Waals surface area contributed by atoms with Crippen molar-refractivity contribution in [3.05, 3.63) is 29.6 Å². The zero-order valence-corrected chi connectivity index (χ0v) is 8.91. The maximum atomic E-state index is 13.1. The van der Waals surface area contributed by atoms with Crippen LogP contribution in [0, 0.1) is 12.7 Å². The molecule has 0 aliphatic rings. The molecule has 1 atom stereocenters. The van der Waals surface area contributed by atoms with E-state index in [2.05, 4.69) is 4.74 Å². The third-order valence-electron chi connectivity index (χ3n) is 1.99. The van der Waals surface area contributed by atoms with Gasteiger partial charge in [0.05, 0.1) is 7.11 Å². The lowest BCUT2D eigenvalue weighted by atomic mass is 10.2. The minimum Gasteiger partial charge on any atom is -0.479 e. The fourth-order valence-corrected chi connectivity index (χ4v) is 1.07. The highest BCUT2D eigenvalue weighted by atomic mass is 19.1. The summed E-state index contributed by atoms with van der Waals surface area (Å²) >= 11 is 0. The smallest absolute Gasteiger partial charge is 0.346 e. The van der Waals surface area contributed by atoms with Gasteiger partial charge in [-0.3, -0.25) is 0 Å². The molecule has 4 heteroatoms. The number of esters is 1. The second-order valence-electron chi connectivity index (χ2n) is 3.19. The molecule has 0 saturated heterocycles. The number of rotatable bonds is 3. The summed E-state index contributed by atoms with van der Waals surface area (Å²) in [4.78, 5) is 11.0. The summed E-state index contributed by atoms with van der Waals surface area (Å²) < 4.78 is 22.8. The molecular formula is C11H13FO3. The van der Waals surface area contributed by atoms with Crippen LogP contribution in [0.1, 0.15) is 12.5 Å². The van der Waals surface area contributed by atoms with Gasteiger partial charge >= 0.3 is 5.97 Å². The Kier molecular flexibility index (Phi) is 3.66. The van der Waals surface area contributed by atoms with Crippen LogP contribution in [0.15, 0.2) is 18.2 Å². The van der Waals surface area contributed by atoms with Gasteiger partial charge in [-0.1, -0.05) is 6.07 Å². The molecule has 0 amide bonds. The van der Waals surface area contributed by atoms with Crippen molar-refractivity contribution in [3.8, 4) is 5.75 Å². The van der Waals surface area contributed by atoms with E-state index in [4.69, 9.17) is 4.74 Å². The molecule has 0 aromatic heterocycles. The van der Waals surface area contributed by atoms with Crippen molar-refractivity contribution in [2.24, 2.45) is 0 Å². The van der Waals surface area contributed by atoms with Crippen molar-refractivity contribution in [2.75, 3.05) is 7.11 Å². The van der Waals surface area contributed by atoms with Crippen LogP contribution in [0.2, 0.25) is 0 Å². The molecule has 15 heavy (non-hydrogen) atoms. The van der Waals surface area contributed by atoms with E-state index in [9.17, 15) is 9.18 Å². The van der Waals surface area contributed by atoms with Crippen molar-refractivity contribution in [1.82, 2.24) is 0 Å². The molecular weight excluding hydrogens is 199 g/mol. The normalized spacial score (nSPS) is 12.0. The molecule has 0 aliphatic carbocycles. The zero-order valence-electron chi connectivity index (χ0n) is 8.91. The molecule has 1 aromatic carbocycles. The third kappa shape index (κ3) is 2.94. The van der Waals surface area contributed by atoms with Gasteiger partial charge in [0.2, 0.25) is 0 Å². The Bertz CT molecular complexity index is 363. The summed E-state index contributed by atoms with van der Waals surface area (Å²) in [5.41, 5.74) is 0.535. The van der Waals surface area contributed by atoms with E-state index in [0.717, 1.165) is 0 Å². The Hall–Kier alpha value is -1.58. The number of hydrogen-bond donors (Lipinski definition) is 0. The highest BCUT2D eigenvalue weighted by Crippen LogP contribution is 2.17. The average molecular weight is 212 g/mol. The highest BCUT2D eigenvalue weighted by Gasteiger charge is 2.14. The summed E-state index contributed by atoms with van der Waals surface area (Å²) in [6.07, 6.45) is -0.739. The second kappa shape index (κ2) is 4.77. The molecule has 1 rings (SSSR count). The fourth-order valence-electron chi connectivity index (χ4n) is 1.07. The largest absolute Gasteiger partial charge is 0.479 e. The minimum atomic E-state index is -0.739. The molecule has 1 unspecified atom stereocenters. The van der Waals surface area contributed by atoms with E-state index >= 15 is 0 Å². The van der Waals surface area contributed by atoms with Gasteiger partial charge in [0.1, 0.15) is 11.6 Å². The number of carbonyl (C=O) groups excluding carboxylic acids is 1. The van der Waals surface area contributed by atoms with Gasteiger partial charge in [0, 0.05) is 6.07 Å². The zero-order chi connectivity index (χ0) is 11.4. The fraction of sp³-hybridized carbons (Fsp3) is 0.364. The first kappa shape index (κ1) is 11.5. The lowest BCUT2D eigenvalue weighted by Crippen LogP contribution is -2.24. The Balaban J connectivity index is 2.73. The van der Waals surface area contributed by atoms with Crippen LogP contribution < -0.4 is 4.74 Å². The van der Waals surface area contributed by atoms with Crippen molar-refractivity contribution in [1.29, 1.82) is 0 Å². The van der Waals surface area contributed by atoms with E-state index in [1.54, 1.807) is 26.0 Å². The monoisotopic (exact) mass is 212 g/mol. The molecule has 1 aromatic rings. The molecule has 0 radical (unpaired) electrons. The van der Waals surface area contributed by atoms with Gasteiger partial charge < -0.3 is 9.47 Å². The molecule has 0 aliphatic heterocycles. The summed E-state index contributed by atoms with van der Waals surface area (Å²) in [5.74, 6) is -0.531. The van der Waals surface area contributed by atoms with E-state index in [1.165, 1.54) is 13.2 Å². The number of methoxy groups -OCH3 is 1. The predicted molar refractivity (Wildman–Crippen MR) is 53.2 cm³/mol. The number of hydrogen-bond acceptors (Lipinski definition) is 3. The molecule has 0 bridgehead atoms. The first-order valence-electron chi connectivity index (χ1n) is 4.55. The molecule has 3 nitrogen and oxygen atoms in total. The lowest BCUT2D eigenvalue weighted by Gasteiger charge is -2.12. The maximum Gasteiger partial charge on any atom is 0.346 e. The van der Waals surface area contributed by atoms with Crippen LogP contribution in [0.4, 0.5) is 4.39 Å². The Labute approximate surface area is 87.8 Å². The van der Waals surface area contributed by atoms with Crippen LogP contribution in [0.5, 0.6) is 5.75 Å². The first-order valence-corrected chi connectivity index (χ1v) is 4.55. The predicted octanol–water partition coefficient (Wildman–Crippen LogP) is 2.07. The molecule has 0 saturated carbocycles. The number of benzene rings is 1. The summed E-state index contributed by atoms with van der Waals surface area (Å²) in [5, 5.41) is 0. The number of carbonyl (C=O) groups is 1. The van der Waals surface area contributed by atoms with E-state index in [-0.39, 0.29) is 5.82 Å². The Morgan fingerprint density at radius 3 is 2.67 bits per heavy atom. The van der Waals surface area contributed by atoms with Gasteiger partial charge in [-0.2, -0.15) is 0 Å². The highest BCUT2D eigenvalue weighted by molar-refractivity contribution is 5.74. The average Bonchev–Trinajstić information content (AvgIpc) is 2.22. The summed E-state index contributed by atoms with van der Waals surface area (Å²) in [6, 6.07) is 4.45. The minimum absolute atomic E-state index is 0.316. The lowest BCUT2D eigenvalue weighted by molar-refractivity contribution is -0.147. The van der Waals surface area contributed by atoms with Gasteiger partial charge in [-0.15, -0.1) is 0 Å². The van der Waals surface area contributed by atoms with E-state index in [0.29, 0.717) is 11.3 Å². The SMILES string of the molecule is COC(=O)C(C)Oc1ccc(C)c(F)c1. The Morgan fingerprint density at radius 1 is 1.47 bits per heavy atom. The maximum absolute atomic E-state index is 13.1. The molecule has 0 fully saturated rings. The van der Waals surface area contributed by atoms with Crippen molar-refractivity contribution < 1.29 is 18.7 Å². The Morgan fingerprint density at radius 2 is 2.13 bits per heavy atom. The topological polar surface area (TPSA) is 35.5 Å². The van der Waals surface area contributed by atoms with E-state index < -0.39 is 12.1 Å². The quantitative estimate of drug-likeness (QED) is 0.719. The number of ether oxygens (including phenoxy) is 2. The summed E-state index contributed by atoms with van der Waals surface area (Å²) in [6.45, 7) is 3.20. The third-order valence-corrected chi connectivity index (χ3v) is 1.99. The van der Waals surface area contributed by atoms with Gasteiger partial charge in [-0.05, 0) is 25.5 Å². The molecule has 0 N–H and O–H groups in total. The van der Waals surface area contributed by atoms with Gasteiger partial charge in [0.15, 0.2) is 6.10 Å². The van der Waals surface area contributed by atoms with Gasteiger partial charge in [0.25, 0.3) is 0 Å². The van der Waals surface area contributed by atoms with Gasteiger partial charge in [-0.25, -0.2) is 9.18 Å². The second-order valence-corrected chi connectivity index (χ2v) is 3.19. The number of aryl methyl sites for hydroxylation is 1. The van der Waals surface area contributed by atoms with E-state index in [1.807, 2.05) is 0 Å². The summed E-state index contributed by atoms with van der Waals surface area (Å²) in [7, 11) is 1.28. The van der Waals surface area contributed by atoms with Crippen LogP contribution in [-0.2, 0) is 9.53 Å². The van der Waals surface area contributed by atoms with Crippen molar-refractivity contribution >= 4 is 5.97 Å². The van der Waals surface area contributed by atoms with Crippen molar-refractivity contribution in [2.45, 2.75) is 20.0 Å². The first-order chi connectivity index (χ1) is 7.04. The standard InChI is InChI=1S/C11H13FO3/c1-7-4-5-9(6-10(7)12)15-8(2)11(13)14-3/h4-6,8H,1-3H3. The number of halogens is 1. The molecule has 0 heterocycles. The molecule has 82 valence electrons.